The number of hydrogen-bond donors (Lipinski definition) is 2. The summed E-state index contributed by atoms with van der Waals surface area (Å²) >= 11 is 0. The Bertz CT molecular complexity index is 663. The van der Waals surface area contributed by atoms with Crippen LogP contribution in [0.15, 0.2) is 48.5 Å². The molecule has 0 spiro atoms. The smallest absolute Gasteiger partial charge is 0.251 e. The molecule has 0 aliphatic heterocycles. The summed E-state index contributed by atoms with van der Waals surface area (Å²) in [7, 11) is 0. The lowest BCUT2D eigenvalue weighted by Crippen LogP contribution is -2.23. The van der Waals surface area contributed by atoms with Crippen LogP contribution in [-0.2, 0) is 17.9 Å². The van der Waals surface area contributed by atoms with Gasteiger partial charge in [0, 0.05) is 25.6 Å². The van der Waals surface area contributed by atoms with Crippen LogP contribution in [0.25, 0.3) is 0 Å². The van der Waals surface area contributed by atoms with Crippen molar-refractivity contribution in [2.75, 3.05) is 0 Å². The second-order valence-electron chi connectivity index (χ2n) is 5.22. The zero-order valence-electron chi connectivity index (χ0n) is 12.8. The molecule has 0 aliphatic rings. The van der Waals surface area contributed by atoms with E-state index in [9.17, 15) is 9.59 Å². The van der Waals surface area contributed by atoms with Crippen LogP contribution < -0.4 is 10.6 Å². The molecule has 0 radical (unpaired) electrons. The first kappa shape index (κ1) is 15.8. The third kappa shape index (κ3) is 4.45. The Morgan fingerprint density at radius 1 is 0.909 bits per heavy atom. The summed E-state index contributed by atoms with van der Waals surface area (Å²) in [4.78, 5) is 23.0. The van der Waals surface area contributed by atoms with Gasteiger partial charge in [-0.2, -0.15) is 0 Å². The van der Waals surface area contributed by atoms with Crippen LogP contribution >= 0.6 is 0 Å². The largest absolute Gasteiger partial charge is 0.352 e. The van der Waals surface area contributed by atoms with Crippen molar-refractivity contribution in [3.63, 3.8) is 0 Å². The van der Waals surface area contributed by atoms with Gasteiger partial charge in [-0.1, -0.05) is 36.4 Å². The van der Waals surface area contributed by atoms with Gasteiger partial charge in [-0.05, 0) is 35.7 Å². The molecule has 4 nitrogen and oxygen atoms in total. The topological polar surface area (TPSA) is 58.2 Å². The Hall–Kier alpha value is -2.62. The minimum absolute atomic E-state index is 0.0694. The second-order valence-corrected chi connectivity index (χ2v) is 5.22. The van der Waals surface area contributed by atoms with E-state index in [1.54, 1.807) is 12.1 Å². The standard InChI is InChI=1S/C18H20N2O2/c1-13-5-3-4-6-17(13)12-20-18(22)16-9-7-15(8-10-16)11-19-14(2)21/h3-10H,11-12H2,1-2H3,(H,19,21)(H,20,22). The Balaban J connectivity index is 1.92. The van der Waals surface area contributed by atoms with Crippen LogP contribution in [0.1, 0.15) is 34.0 Å². The van der Waals surface area contributed by atoms with Crippen molar-refractivity contribution in [2.24, 2.45) is 0 Å². The number of rotatable bonds is 5. The molecular formula is C18H20N2O2. The van der Waals surface area contributed by atoms with E-state index in [0.717, 1.165) is 16.7 Å². The zero-order valence-corrected chi connectivity index (χ0v) is 12.8. The van der Waals surface area contributed by atoms with E-state index < -0.39 is 0 Å². The first-order chi connectivity index (χ1) is 10.6. The van der Waals surface area contributed by atoms with Crippen molar-refractivity contribution in [2.45, 2.75) is 26.9 Å². The number of carbonyl (C=O) groups is 2. The molecule has 2 aromatic carbocycles. The minimum atomic E-state index is -0.102. The van der Waals surface area contributed by atoms with E-state index in [0.29, 0.717) is 18.7 Å². The Kier molecular flexibility index (Phi) is 5.31. The van der Waals surface area contributed by atoms with Gasteiger partial charge in [-0.15, -0.1) is 0 Å². The molecule has 0 unspecified atom stereocenters. The molecule has 0 bridgehead atoms. The van der Waals surface area contributed by atoms with Gasteiger partial charge in [0.1, 0.15) is 0 Å². The van der Waals surface area contributed by atoms with Crippen molar-refractivity contribution >= 4 is 11.8 Å². The number of hydrogen-bond acceptors (Lipinski definition) is 2. The SMILES string of the molecule is CC(=O)NCc1ccc(C(=O)NCc2ccccc2C)cc1. The highest BCUT2D eigenvalue weighted by Gasteiger charge is 2.06. The van der Waals surface area contributed by atoms with Gasteiger partial charge >= 0.3 is 0 Å². The minimum Gasteiger partial charge on any atom is -0.352 e. The fourth-order valence-corrected chi connectivity index (χ4v) is 2.09. The molecule has 0 atom stereocenters. The number of nitrogens with one attached hydrogen (secondary N) is 2. The number of amides is 2. The van der Waals surface area contributed by atoms with Crippen LogP contribution in [0, 0.1) is 6.92 Å². The normalized spacial score (nSPS) is 10.1. The third-order valence-corrected chi connectivity index (χ3v) is 3.46. The molecule has 114 valence electrons. The molecule has 0 aliphatic carbocycles. The molecule has 0 heterocycles. The van der Waals surface area contributed by atoms with Crippen LogP contribution in [0.3, 0.4) is 0 Å². The zero-order chi connectivity index (χ0) is 15.9. The second kappa shape index (κ2) is 7.41. The molecule has 2 amide bonds. The van der Waals surface area contributed by atoms with Gasteiger partial charge in [0.25, 0.3) is 5.91 Å². The average Bonchev–Trinajstić information content (AvgIpc) is 2.52. The van der Waals surface area contributed by atoms with Gasteiger partial charge < -0.3 is 10.6 Å². The maximum absolute atomic E-state index is 12.1. The molecule has 0 saturated heterocycles. The fraction of sp³-hybridized carbons (Fsp3) is 0.222. The number of aryl methyl sites for hydroxylation is 1. The van der Waals surface area contributed by atoms with Gasteiger partial charge in [0.2, 0.25) is 5.91 Å². The summed E-state index contributed by atoms with van der Waals surface area (Å²) in [5.74, 6) is -0.172. The molecule has 22 heavy (non-hydrogen) atoms. The van der Waals surface area contributed by atoms with E-state index in [1.165, 1.54) is 6.92 Å². The summed E-state index contributed by atoms with van der Waals surface area (Å²) in [5, 5.41) is 5.64. The molecule has 2 aromatic rings. The Labute approximate surface area is 130 Å². The van der Waals surface area contributed by atoms with Gasteiger partial charge in [-0.3, -0.25) is 9.59 Å². The van der Waals surface area contributed by atoms with Crippen LogP contribution in [-0.4, -0.2) is 11.8 Å². The highest BCUT2D eigenvalue weighted by molar-refractivity contribution is 5.94. The Morgan fingerprint density at radius 3 is 2.23 bits per heavy atom. The quantitative estimate of drug-likeness (QED) is 0.891. The monoisotopic (exact) mass is 296 g/mol. The average molecular weight is 296 g/mol. The summed E-state index contributed by atoms with van der Waals surface area (Å²) in [6.07, 6.45) is 0. The van der Waals surface area contributed by atoms with Gasteiger partial charge in [0.15, 0.2) is 0 Å². The van der Waals surface area contributed by atoms with E-state index in [2.05, 4.69) is 10.6 Å². The van der Waals surface area contributed by atoms with Crippen molar-refractivity contribution in [1.29, 1.82) is 0 Å². The van der Waals surface area contributed by atoms with Crippen molar-refractivity contribution in [1.82, 2.24) is 10.6 Å². The van der Waals surface area contributed by atoms with Crippen molar-refractivity contribution in [3.05, 3.63) is 70.8 Å². The summed E-state index contributed by atoms with van der Waals surface area (Å²) in [5.41, 5.74) is 3.84. The van der Waals surface area contributed by atoms with E-state index in [4.69, 9.17) is 0 Å². The molecule has 0 aromatic heterocycles. The maximum atomic E-state index is 12.1. The molecular weight excluding hydrogens is 276 g/mol. The van der Waals surface area contributed by atoms with E-state index >= 15 is 0 Å². The highest BCUT2D eigenvalue weighted by atomic mass is 16.2. The van der Waals surface area contributed by atoms with E-state index in [1.807, 2.05) is 43.3 Å². The first-order valence-electron chi connectivity index (χ1n) is 7.22. The lowest BCUT2D eigenvalue weighted by atomic mass is 10.1. The predicted molar refractivity (Wildman–Crippen MR) is 86.3 cm³/mol. The number of carbonyl (C=O) groups excluding carboxylic acids is 2. The Morgan fingerprint density at radius 2 is 1.59 bits per heavy atom. The van der Waals surface area contributed by atoms with Crippen LogP contribution in [0.4, 0.5) is 0 Å². The molecule has 2 rings (SSSR count). The van der Waals surface area contributed by atoms with Crippen LogP contribution in [0.2, 0.25) is 0 Å². The highest BCUT2D eigenvalue weighted by Crippen LogP contribution is 2.08. The summed E-state index contributed by atoms with van der Waals surface area (Å²) < 4.78 is 0. The number of benzene rings is 2. The molecule has 2 N–H and O–H groups in total. The summed E-state index contributed by atoms with van der Waals surface area (Å²) in [6, 6.07) is 15.2. The third-order valence-electron chi connectivity index (χ3n) is 3.46. The van der Waals surface area contributed by atoms with Crippen LogP contribution in [0.5, 0.6) is 0 Å². The summed E-state index contributed by atoms with van der Waals surface area (Å²) in [6.45, 7) is 4.49. The molecule has 0 fully saturated rings. The predicted octanol–water partition coefficient (Wildman–Crippen LogP) is 2.56. The molecule has 4 heteroatoms. The first-order valence-corrected chi connectivity index (χ1v) is 7.22. The van der Waals surface area contributed by atoms with Gasteiger partial charge in [-0.25, -0.2) is 0 Å². The lowest BCUT2D eigenvalue weighted by molar-refractivity contribution is -0.119. The lowest BCUT2D eigenvalue weighted by Gasteiger charge is -2.08. The van der Waals surface area contributed by atoms with E-state index in [-0.39, 0.29) is 11.8 Å². The molecule has 0 saturated carbocycles. The maximum Gasteiger partial charge on any atom is 0.251 e. The fourth-order valence-electron chi connectivity index (χ4n) is 2.09. The van der Waals surface area contributed by atoms with Gasteiger partial charge in [0.05, 0.1) is 0 Å². The van der Waals surface area contributed by atoms with Crippen molar-refractivity contribution in [3.8, 4) is 0 Å². The van der Waals surface area contributed by atoms with Crippen molar-refractivity contribution < 1.29 is 9.59 Å².